The first-order valence-corrected chi connectivity index (χ1v) is 10.8. The Bertz CT molecular complexity index is 1610. The molecule has 2 heterocycles. The zero-order valence-corrected chi connectivity index (χ0v) is 17.0. The second-order valence-electron chi connectivity index (χ2n) is 7.34. The van der Waals surface area contributed by atoms with Crippen molar-refractivity contribution in [1.29, 1.82) is 0 Å². The molecule has 1 N–H and O–H groups in total. The Morgan fingerprint density at radius 2 is 1.17 bits per heavy atom. The number of rotatable bonds is 0. The van der Waals surface area contributed by atoms with Crippen LogP contribution in [0, 0.1) is 0 Å². The molecule has 0 unspecified atom stereocenters. The Labute approximate surface area is 177 Å². The van der Waals surface area contributed by atoms with Gasteiger partial charge in [-0.1, -0.05) is 78.9 Å². The van der Waals surface area contributed by atoms with Crippen LogP contribution in [0.2, 0.25) is 0 Å². The molecule has 0 atom stereocenters. The lowest BCUT2D eigenvalue weighted by Crippen LogP contribution is -1.79. The summed E-state index contributed by atoms with van der Waals surface area (Å²) in [6.07, 6.45) is 1.75. The fraction of sp³-hybridized carbons (Fsp3) is 0. The second kappa shape index (κ2) is 6.97. The highest BCUT2D eigenvalue weighted by molar-refractivity contribution is 7.25. The van der Waals surface area contributed by atoms with Crippen LogP contribution >= 0.6 is 11.3 Å². The van der Waals surface area contributed by atoms with E-state index in [-0.39, 0.29) is 0 Å². The van der Waals surface area contributed by atoms with Gasteiger partial charge in [0.25, 0.3) is 0 Å². The lowest BCUT2D eigenvalue weighted by molar-refractivity contribution is 1.35. The molecule has 0 aliphatic carbocycles. The van der Waals surface area contributed by atoms with E-state index in [1.54, 1.807) is 6.33 Å². The number of aromatic nitrogens is 2. The van der Waals surface area contributed by atoms with Gasteiger partial charge < -0.3 is 4.98 Å². The van der Waals surface area contributed by atoms with Gasteiger partial charge in [0.05, 0.1) is 17.4 Å². The Hall–Kier alpha value is -3.69. The molecule has 7 rings (SSSR count). The van der Waals surface area contributed by atoms with Crippen LogP contribution in [0.4, 0.5) is 0 Å². The van der Waals surface area contributed by atoms with Crippen LogP contribution < -0.4 is 0 Å². The zero-order chi connectivity index (χ0) is 19.9. The van der Waals surface area contributed by atoms with E-state index in [1.165, 1.54) is 41.7 Å². The van der Waals surface area contributed by atoms with Crippen LogP contribution in [0.25, 0.3) is 52.8 Å². The van der Waals surface area contributed by atoms with Crippen molar-refractivity contribution in [2.75, 3.05) is 0 Å². The van der Waals surface area contributed by atoms with Crippen LogP contribution in [0.5, 0.6) is 0 Å². The molecular formula is C27H18N2S. The largest absolute Gasteiger partial charge is 0.345 e. The number of thiophene rings is 1. The van der Waals surface area contributed by atoms with E-state index < -0.39 is 0 Å². The normalized spacial score (nSPS) is 11.3. The molecule has 3 heteroatoms. The van der Waals surface area contributed by atoms with E-state index in [0.29, 0.717) is 0 Å². The maximum atomic E-state index is 4.40. The molecule has 0 saturated carbocycles. The highest BCUT2D eigenvalue weighted by Crippen LogP contribution is 2.33. The summed E-state index contributed by atoms with van der Waals surface area (Å²) in [5.41, 5.74) is 2.14. The molecule has 7 aromatic rings. The Morgan fingerprint density at radius 3 is 1.93 bits per heavy atom. The second-order valence-corrected chi connectivity index (χ2v) is 8.42. The summed E-state index contributed by atoms with van der Waals surface area (Å²) in [5, 5.41) is 7.79. The quantitative estimate of drug-likeness (QED) is 0.256. The van der Waals surface area contributed by atoms with E-state index in [2.05, 4.69) is 107 Å². The Balaban J connectivity index is 0.000000121. The number of aromatic amines is 1. The van der Waals surface area contributed by atoms with Crippen molar-refractivity contribution in [2.45, 2.75) is 0 Å². The predicted molar refractivity (Wildman–Crippen MR) is 130 cm³/mol. The summed E-state index contributed by atoms with van der Waals surface area (Å²) < 4.78 is 2.76. The van der Waals surface area contributed by atoms with E-state index in [0.717, 1.165) is 11.0 Å². The van der Waals surface area contributed by atoms with Crippen molar-refractivity contribution >= 4 is 64.1 Å². The van der Waals surface area contributed by atoms with E-state index in [9.17, 15) is 0 Å². The van der Waals surface area contributed by atoms with Crippen LogP contribution in [0.1, 0.15) is 0 Å². The maximum absolute atomic E-state index is 4.40. The third-order valence-corrected chi connectivity index (χ3v) is 6.75. The van der Waals surface area contributed by atoms with Crippen molar-refractivity contribution in [3.8, 4) is 0 Å². The molecule has 0 bridgehead atoms. The minimum atomic E-state index is 1.05. The molecule has 2 nitrogen and oxygen atoms in total. The lowest BCUT2D eigenvalue weighted by Gasteiger charge is -2.03. The van der Waals surface area contributed by atoms with E-state index >= 15 is 0 Å². The molecule has 0 amide bonds. The van der Waals surface area contributed by atoms with Gasteiger partial charge in [0.2, 0.25) is 0 Å². The molecule has 142 valence electrons. The number of benzene rings is 5. The standard InChI is InChI=1S/C15H10N2.C12H8S/c1-2-4-11-10(3-1)5-6-13-12(11)7-8-14-15(13)17-9-16-14;1-3-7-11-9(5-1)10-6-2-4-8-12(10)13-11/h1-9H,(H,16,17);1-8H. The summed E-state index contributed by atoms with van der Waals surface area (Å²) >= 11 is 1.86. The van der Waals surface area contributed by atoms with Crippen LogP contribution in [0.3, 0.4) is 0 Å². The number of hydrogen-bond acceptors (Lipinski definition) is 2. The minimum Gasteiger partial charge on any atom is -0.345 e. The zero-order valence-electron chi connectivity index (χ0n) is 16.2. The molecule has 5 aromatic carbocycles. The smallest absolute Gasteiger partial charge is 0.0961 e. The number of imidazole rings is 1. The van der Waals surface area contributed by atoms with Gasteiger partial charge in [-0.2, -0.15) is 0 Å². The molecule has 0 saturated heterocycles. The summed E-state index contributed by atoms with van der Waals surface area (Å²) in [4.78, 5) is 7.55. The topological polar surface area (TPSA) is 28.7 Å². The first kappa shape index (κ1) is 17.2. The molecule has 0 spiro atoms. The number of nitrogens with one attached hydrogen (secondary N) is 1. The van der Waals surface area contributed by atoms with E-state index in [4.69, 9.17) is 0 Å². The first-order valence-electron chi connectivity index (χ1n) is 9.98. The third-order valence-electron chi connectivity index (χ3n) is 5.60. The molecule has 30 heavy (non-hydrogen) atoms. The summed E-state index contributed by atoms with van der Waals surface area (Å²) in [6, 6.07) is 34.2. The highest BCUT2D eigenvalue weighted by Gasteiger charge is 2.05. The average Bonchev–Trinajstić information content (AvgIpc) is 3.44. The molecule has 0 radical (unpaired) electrons. The molecule has 0 aliphatic rings. The molecular weight excluding hydrogens is 384 g/mol. The van der Waals surface area contributed by atoms with Crippen molar-refractivity contribution in [3.63, 3.8) is 0 Å². The van der Waals surface area contributed by atoms with Crippen LogP contribution in [-0.2, 0) is 0 Å². The first-order chi connectivity index (χ1) is 14.9. The van der Waals surface area contributed by atoms with Crippen LogP contribution in [0.15, 0.2) is 103 Å². The molecule has 2 aromatic heterocycles. The molecule has 0 aliphatic heterocycles. The van der Waals surface area contributed by atoms with Gasteiger partial charge in [-0.25, -0.2) is 4.98 Å². The number of nitrogens with zero attached hydrogens (tertiary/aromatic N) is 1. The van der Waals surface area contributed by atoms with Gasteiger partial charge in [-0.05, 0) is 34.4 Å². The predicted octanol–water partition coefficient (Wildman–Crippen LogP) is 7.92. The average molecular weight is 403 g/mol. The monoisotopic (exact) mass is 402 g/mol. The third kappa shape index (κ3) is 2.75. The number of H-pyrrole nitrogens is 1. The van der Waals surface area contributed by atoms with Gasteiger partial charge in [0.1, 0.15) is 0 Å². The maximum Gasteiger partial charge on any atom is 0.0961 e. The fourth-order valence-electron chi connectivity index (χ4n) is 4.17. The Morgan fingerprint density at radius 1 is 0.533 bits per heavy atom. The number of fused-ring (bicyclic) bond motifs is 8. The summed E-state index contributed by atoms with van der Waals surface area (Å²) in [7, 11) is 0. The van der Waals surface area contributed by atoms with Gasteiger partial charge in [-0.3, -0.25) is 0 Å². The van der Waals surface area contributed by atoms with Crippen molar-refractivity contribution in [2.24, 2.45) is 0 Å². The van der Waals surface area contributed by atoms with E-state index in [1.807, 2.05) is 11.3 Å². The lowest BCUT2D eigenvalue weighted by atomic mass is 10.0. The summed E-state index contributed by atoms with van der Waals surface area (Å²) in [5.74, 6) is 0. The Kier molecular flexibility index (Phi) is 4.00. The summed E-state index contributed by atoms with van der Waals surface area (Å²) in [6.45, 7) is 0. The fourth-order valence-corrected chi connectivity index (χ4v) is 5.28. The number of hydrogen-bond donors (Lipinski definition) is 1. The minimum absolute atomic E-state index is 1.05. The van der Waals surface area contributed by atoms with Crippen LogP contribution in [-0.4, -0.2) is 9.97 Å². The SMILES string of the molecule is c1ccc2c(c1)ccc1c2ccc2[nH]cnc21.c1ccc2c(c1)sc1ccccc12. The van der Waals surface area contributed by atoms with Gasteiger partial charge >= 0.3 is 0 Å². The highest BCUT2D eigenvalue weighted by atomic mass is 32.1. The van der Waals surface area contributed by atoms with Gasteiger partial charge in [0, 0.05) is 25.6 Å². The van der Waals surface area contributed by atoms with Crippen molar-refractivity contribution in [1.82, 2.24) is 9.97 Å². The molecule has 0 fully saturated rings. The van der Waals surface area contributed by atoms with Gasteiger partial charge in [0.15, 0.2) is 0 Å². The van der Waals surface area contributed by atoms with Gasteiger partial charge in [-0.15, -0.1) is 11.3 Å². The van der Waals surface area contributed by atoms with Crippen molar-refractivity contribution in [3.05, 3.63) is 103 Å². The van der Waals surface area contributed by atoms with Crippen molar-refractivity contribution < 1.29 is 0 Å².